The van der Waals surface area contributed by atoms with Gasteiger partial charge in [0.05, 0.1) is 5.25 Å². The molecule has 0 spiro atoms. The number of rotatable bonds is 5. The molecule has 3 aromatic rings. The van der Waals surface area contributed by atoms with Crippen molar-refractivity contribution in [1.29, 1.82) is 0 Å². The molecule has 1 atom stereocenters. The van der Waals surface area contributed by atoms with Gasteiger partial charge in [-0.1, -0.05) is 23.9 Å². The van der Waals surface area contributed by atoms with Crippen molar-refractivity contribution in [1.82, 2.24) is 14.8 Å². The van der Waals surface area contributed by atoms with E-state index >= 15 is 0 Å². The molecule has 7 heteroatoms. The topological polar surface area (TPSA) is 59.8 Å². The first kappa shape index (κ1) is 18.1. The molecule has 0 aliphatic heterocycles. The first-order valence-corrected chi connectivity index (χ1v) is 9.01. The average molecular weight is 370 g/mol. The number of carbonyl (C=O) groups is 1. The fraction of sp³-hybridized carbons (Fsp3) is 0.211. The number of aryl methyl sites for hydroxylation is 1. The molecule has 3 rings (SSSR count). The van der Waals surface area contributed by atoms with Crippen LogP contribution in [0.5, 0.6) is 0 Å². The Hall–Kier alpha value is -2.67. The monoisotopic (exact) mass is 370 g/mol. The van der Waals surface area contributed by atoms with E-state index in [1.807, 2.05) is 45.2 Å². The predicted molar refractivity (Wildman–Crippen MR) is 102 cm³/mol. The fourth-order valence-corrected chi connectivity index (χ4v) is 3.26. The Morgan fingerprint density at radius 2 is 1.92 bits per heavy atom. The van der Waals surface area contributed by atoms with Gasteiger partial charge in [0, 0.05) is 18.3 Å². The summed E-state index contributed by atoms with van der Waals surface area (Å²) < 4.78 is 14.9. The molecule has 0 fully saturated rings. The number of carbonyl (C=O) groups excluding carboxylic acids is 1. The Bertz CT molecular complexity index is 924. The number of hydrogen-bond acceptors (Lipinski definition) is 4. The van der Waals surface area contributed by atoms with Crippen molar-refractivity contribution in [3.05, 3.63) is 59.9 Å². The van der Waals surface area contributed by atoms with Crippen molar-refractivity contribution >= 4 is 23.4 Å². The highest BCUT2D eigenvalue weighted by Crippen LogP contribution is 2.26. The summed E-state index contributed by atoms with van der Waals surface area (Å²) in [4.78, 5) is 12.4. The van der Waals surface area contributed by atoms with Gasteiger partial charge in [-0.05, 0) is 55.8 Å². The molecule has 2 aromatic carbocycles. The number of amides is 1. The molecular formula is C19H19FN4OS. The number of hydrogen-bond donors (Lipinski definition) is 1. The maximum atomic E-state index is 13.1. The molecule has 1 aromatic heterocycles. The van der Waals surface area contributed by atoms with E-state index in [0.29, 0.717) is 11.0 Å². The van der Waals surface area contributed by atoms with Crippen molar-refractivity contribution in [3.8, 4) is 11.4 Å². The minimum absolute atomic E-state index is 0.105. The van der Waals surface area contributed by atoms with E-state index in [1.165, 1.54) is 23.9 Å². The smallest absolute Gasteiger partial charge is 0.237 e. The lowest BCUT2D eigenvalue weighted by Gasteiger charge is -2.12. The number of aromatic nitrogens is 3. The summed E-state index contributed by atoms with van der Waals surface area (Å²) in [6, 6.07) is 13.7. The standard InChI is InChI=1S/C19H19FN4OS/c1-12-5-4-6-16(11-12)21-18(25)13(2)26-19-23-22-17(24(19)3)14-7-9-15(20)10-8-14/h4-11,13H,1-3H3,(H,21,25)/t13-/m0/s1. The highest BCUT2D eigenvalue weighted by molar-refractivity contribution is 8.00. The third-order valence-corrected chi connectivity index (χ3v) is 5.01. The van der Waals surface area contributed by atoms with Crippen LogP contribution in [0.2, 0.25) is 0 Å². The normalized spacial score (nSPS) is 12.0. The quantitative estimate of drug-likeness (QED) is 0.689. The van der Waals surface area contributed by atoms with E-state index in [-0.39, 0.29) is 17.0 Å². The van der Waals surface area contributed by atoms with Gasteiger partial charge in [-0.3, -0.25) is 4.79 Å². The second kappa shape index (κ2) is 7.70. The molecule has 1 amide bonds. The summed E-state index contributed by atoms with van der Waals surface area (Å²) in [5.74, 6) is 0.220. The third kappa shape index (κ3) is 4.11. The van der Waals surface area contributed by atoms with Gasteiger partial charge in [-0.15, -0.1) is 10.2 Å². The Morgan fingerprint density at radius 3 is 2.62 bits per heavy atom. The number of thioether (sulfide) groups is 1. The van der Waals surface area contributed by atoms with Crippen LogP contribution in [0.3, 0.4) is 0 Å². The van der Waals surface area contributed by atoms with E-state index in [1.54, 1.807) is 16.7 Å². The van der Waals surface area contributed by atoms with Crippen LogP contribution in [-0.4, -0.2) is 25.9 Å². The molecule has 0 unspecified atom stereocenters. The van der Waals surface area contributed by atoms with Gasteiger partial charge in [0.1, 0.15) is 5.82 Å². The van der Waals surface area contributed by atoms with Crippen LogP contribution in [0.4, 0.5) is 10.1 Å². The van der Waals surface area contributed by atoms with Crippen molar-refractivity contribution in [3.63, 3.8) is 0 Å². The average Bonchev–Trinajstić information content (AvgIpc) is 2.96. The summed E-state index contributed by atoms with van der Waals surface area (Å²) in [6.07, 6.45) is 0. The van der Waals surface area contributed by atoms with E-state index in [4.69, 9.17) is 0 Å². The Kier molecular flexibility index (Phi) is 5.37. The minimum Gasteiger partial charge on any atom is -0.325 e. The van der Waals surface area contributed by atoms with Crippen molar-refractivity contribution < 1.29 is 9.18 Å². The van der Waals surface area contributed by atoms with Gasteiger partial charge >= 0.3 is 0 Å². The molecule has 0 bridgehead atoms. The highest BCUT2D eigenvalue weighted by atomic mass is 32.2. The van der Waals surface area contributed by atoms with Crippen LogP contribution in [-0.2, 0) is 11.8 Å². The summed E-state index contributed by atoms with van der Waals surface area (Å²) >= 11 is 1.32. The van der Waals surface area contributed by atoms with Gasteiger partial charge in [0.15, 0.2) is 11.0 Å². The molecule has 0 radical (unpaired) electrons. The molecule has 1 N–H and O–H groups in total. The lowest BCUT2D eigenvalue weighted by atomic mass is 10.2. The SMILES string of the molecule is Cc1cccc(NC(=O)[C@H](C)Sc2nnc(-c3ccc(F)cc3)n2C)c1. The second-order valence-electron chi connectivity index (χ2n) is 5.99. The van der Waals surface area contributed by atoms with Crippen LogP contribution >= 0.6 is 11.8 Å². The van der Waals surface area contributed by atoms with E-state index in [9.17, 15) is 9.18 Å². The van der Waals surface area contributed by atoms with Crippen molar-refractivity contribution in [2.75, 3.05) is 5.32 Å². The summed E-state index contributed by atoms with van der Waals surface area (Å²) in [6.45, 7) is 3.80. The number of benzene rings is 2. The predicted octanol–water partition coefficient (Wildman–Crippen LogP) is 4.05. The number of halogens is 1. The van der Waals surface area contributed by atoms with Crippen LogP contribution in [0.15, 0.2) is 53.7 Å². The van der Waals surface area contributed by atoms with Gasteiger partial charge < -0.3 is 9.88 Å². The number of anilines is 1. The lowest BCUT2D eigenvalue weighted by molar-refractivity contribution is -0.115. The molecule has 5 nitrogen and oxygen atoms in total. The van der Waals surface area contributed by atoms with Crippen molar-refractivity contribution in [2.45, 2.75) is 24.3 Å². The Labute approximate surface area is 155 Å². The summed E-state index contributed by atoms with van der Waals surface area (Å²) in [5, 5.41) is 11.5. The Morgan fingerprint density at radius 1 is 1.19 bits per heavy atom. The summed E-state index contributed by atoms with van der Waals surface area (Å²) in [7, 11) is 1.83. The zero-order chi connectivity index (χ0) is 18.7. The Balaban J connectivity index is 1.70. The highest BCUT2D eigenvalue weighted by Gasteiger charge is 2.19. The minimum atomic E-state index is -0.348. The number of nitrogens with one attached hydrogen (secondary N) is 1. The second-order valence-corrected chi connectivity index (χ2v) is 7.30. The van der Waals surface area contributed by atoms with Gasteiger partial charge in [-0.2, -0.15) is 0 Å². The molecule has 0 aliphatic carbocycles. The molecular weight excluding hydrogens is 351 g/mol. The zero-order valence-corrected chi connectivity index (χ0v) is 15.5. The lowest BCUT2D eigenvalue weighted by Crippen LogP contribution is -2.22. The van der Waals surface area contributed by atoms with Crippen molar-refractivity contribution in [2.24, 2.45) is 7.05 Å². The van der Waals surface area contributed by atoms with Gasteiger partial charge in [0.25, 0.3) is 0 Å². The van der Waals surface area contributed by atoms with Crippen LogP contribution < -0.4 is 5.32 Å². The molecule has 0 aliphatic rings. The third-order valence-electron chi connectivity index (χ3n) is 3.87. The number of nitrogens with zero attached hydrogens (tertiary/aromatic N) is 3. The summed E-state index contributed by atoms with van der Waals surface area (Å²) in [5.41, 5.74) is 2.62. The molecule has 0 saturated heterocycles. The van der Waals surface area contributed by atoms with Crippen LogP contribution in [0, 0.1) is 12.7 Å². The van der Waals surface area contributed by atoms with Gasteiger partial charge in [-0.25, -0.2) is 4.39 Å². The van der Waals surface area contributed by atoms with E-state index < -0.39 is 0 Å². The maximum absolute atomic E-state index is 13.1. The largest absolute Gasteiger partial charge is 0.325 e. The first-order valence-electron chi connectivity index (χ1n) is 8.13. The fourth-order valence-electron chi connectivity index (χ4n) is 2.45. The van der Waals surface area contributed by atoms with Gasteiger partial charge in [0.2, 0.25) is 5.91 Å². The maximum Gasteiger partial charge on any atom is 0.237 e. The van der Waals surface area contributed by atoms with Crippen LogP contribution in [0.1, 0.15) is 12.5 Å². The molecule has 0 saturated carbocycles. The van der Waals surface area contributed by atoms with Crippen LogP contribution in [0.25, 0.3) is 11.4 Å². The molecule has 1 heterocycles. The van der Waals surface area contributed by atoms with E-state index in [0.717, 1.165) is 16.8 Å². The molecule has 134 valence electrons. The van der Waals surface area contributed by atoms with E-state index in [2.05, 4.69) is 15.5 Å². The molecule has 26 heavy (non-hydrogen) atoms. The first-order chi connectivity index (χ1) is 12.4. The zero-order valence-electron chi connectivity index (χ0n) is 14.7.